The van der Waals surface area contributed by atoms with Crippen molar-refractivity contribution in [2.24, 2.45) is 0 Å². The van der Waals surface area contributed by atoms with E-state index in [0.29, 0.717) is 26.2 Å². The third kappa shape index (κ3) is 18.5. The first-order valence-electron chi connectivity index (χ1n) is 16.3. The standard InChI is InChI=1S/C35H62O5Si/c1-8-9-10-11-12-13-14-15-16-17-18-19-20-21-22-23-34(36)40-33(30-39-41(6,7)35(2,3)4)29-38-28-31-24-26-32(37-5)27-25-31/h15-16,24-27,33H,8-14,17-23,28-30H2,1-7H3/b16-15-/t33-/m1/s1. The molecule has 0 aliphatic carbocycles. The van der Waals surface area contributed by atoms with E-state index in [1.165, 1.54) is 70.6 Å². The highest BCUT2D eigenvalue weighted by Gasteiger charge is 2.38. The summed E-state index contributed by atoms with van der Waals surface area (Å²) in [5.74, 6) is 0.665. The molecule has 6 heteroatoms. The highest BCUT2D eigenvalue weighted by Crippen LogP contribution is 2.36. The monoisotopic (exact) mass is 590 g/mol. The molecule has 1 aromatic rings. The summed E-state index contributed by atoms with van der Waals surface area (Å²) >= 11 is 0. The summed E-state index contributed by atoms with van der Waals surface area (Å²) in [6.45, 7) is 14.5. The van der Waals surface area contributed by atoms with E-state index < -0.39 is 14.4 Å². The predicted octanol–water partition coefficient (Wildman–Crippen LogP) is 10.2. The Kier molecular flexibility index (Phi) is 20.0. The lowest BCUT2D eigenvalue weighted by atomic mass is 10.1. The summed E-state index contributed by atoms with van der Waals surface area (Å²) in [7, 11) is -0.305. The van der Waals surface area contributed by atoms with Crippen molar-refractivity contribution in [3.05, 3.63) is 42.0 Å². The van der Waals surface area contributed by atoms with Crippen molar-refractivity contribution in [3.63, 3.8) is 0 Å². The zero-order valence-corrected chi connectivity index (χ0v) is 28.6. The maximum absolute atomic E-state index is 12.7. The lowest BCUT2D eigenvalue weighted by Crippen LogP contribution is -2.44. The first kappa shape index (κ1) is 37.4. The molecular formula is C35H62O5Si. The molecule has 0 saturated heterocycles. The maximum Gasteiger partial charge on any atom is 0.306 e. The van der Waals surface area contributed by atoms with Crippen molar-refractivity contribution in [1.82, 2.24) is 0 Å². The number of esters is 1. The number of ether oxygens (including phenoxy) is 3. The Morgan fingerprint density at radius 1 is 0.829 bits per heavy atom. The van der Waals surface area contributed by atoms with Gasteiger partial charge in [0.25, 0.3) is 0 Å². The van der Waals surface area contributed by atoms with E-state index in [-0.39, 0.29) is 11.0 Å². The smallest absolute Gasteiger partial charge is 0.306 e. The average Bonchev–Trinajstić information content (AvgIpc) is 2.93. The van der Waals surface area contributed by atoms with Crippen LogP contribution in [0.3, 0.4) is 0 Å². The fraction of sp³-hybridized carbons (Fsp3) is 0.743. The van der Waals surface area contributed by atoms with Gasteiger partial charge in [-0.15, -0.1) is 0 Å². The van der Waals surface area contributed by atoms with Gasteiger partial charge in [-0.3, -0.25) is 4.79 Å². The lowest BCUT2D eigenvalue weighted by Gasteiger charge is -2.37. The Morgan fingerprint density at radius 2 is 1.39 bits per heavy atom. The van der Waals surface area contributed by atoms with Gasteiger partial charge in [0.1, 0.15) is 11.9 Å². The van der Waals surface area contributed by atoms with E-state index >= 15 is 0 Å². The second-order valence-electron chi connectivity index (χ2n) is 12.9. The number of hydrogen-bond donors (Lipinski definition) is 0. The summed E-state index contributed by atoms with van der Waals surface area (Å²) in [5, 5.41) is 0.0924. The largest absolute Gasteiger partial charge is 0.497 e. The van der Waals surface area contributed by atoms with E-state index in [9.17, 15) is 4.79 Å². The van der Waals surface area contributed by atoms with Gasteiger partial charge < -0.3 is 18.6 Å². The topological polar surface area (TPSA) is 54.0 Å². The van der Waals surface area contributed by atoms with Gasteiger partial charge in [0.2, 0.25) is 0 Å². The summed E-state index contributed by atoms with van der Waals surface area (Å²) in [4.78, 5) is 12.7. The van der Waals surface area contributed by atoms with Crippen LogP contribution in [-0.2, 0) is 25.3 Å². The van der Waals surface area contributed by atoms with Crippen molar-refractivity contribution >= 4 is 14.3 Å². The molecule has 41 heavy (non-hydrogen) atoms. The van der Waals surface area contributed by atoms with Gasteiger partial charge in [-0.2, -0.15) is 0 Å². The van der Waals surface area contributed by atoms with Gasteiger partial charge in [-0.05, 0) is 67.9 Å². The van der Waals surface area contributed by atoms with E-state index in [4.69, 9.17) is 18.6 Å². The molecule has 0 aliphatic heterocycles. The second kappa shape index (κ2) is 22.0. The fourth-order valence-corrected chi connectivity index (χ4v) is 5.28. The van der Waals surface area contributed by atoms with Crippen LogP contribution in [0.5, 0.6) is 5.75 Å². The number of hydrogen-bond acceptors (Lipinski definition) is 5. The fourth-order valence-electron chi connectivity index (χ4n) is 4.25. The van der Waals surface area contributed by atoms with E-state index in [1.54, 1.807) is 7.11 Å². The molecule has 0 N–H and O–H groups in total. The van der Waals surface area contributed by atoms with Crippen LogP contribution in [-0.4, -0.2) is 40.7 Å². The zero-order valence-electron chi connectivity index (χ0n) is 27.6. The van der Waals surface area contributed by atoms with Gasteiger partial charge in [0.05, 0.1) is 26.9 Å². The summed E-state index contributed by atoms with van der Waals surface area (Å²) < 4.78 is 23.4. The SMILES string of the molecule is CCCCCCCC/C=C\CCCCCCCC(=O)O[C@H](COCc1ccc(OC)cc1)CO[Si](C)(C)C(C)(C)C. The molecule has 1 aromatic carbocycles. The van der Waals surface area contributed by atoms with E-state index in [0.717, 1.165) is 24.2 Å². The number of carbonyl (C=O) groups excluding carboxylic acids is 1. The molecule has 0 fully saturated rings. The molecule has 0 unspecified atom stereocenters. The Labute approximate surface area is 253 Å². The van der Waals surface area contributed by atoms with Crippen molar-refractivity contribution in [3.8, 4) is 5.75 Å². The molecule has 0 aromatic heterocycles. The van der Waals surface area contributed by atoms with Gasteiger partial charge >= 0.3 is 5.97 Å². The molecule has 236 valence electrons. The number of methoxy groups -OCH3 is 1. The van der Waals surface area contributed by atoms with Crippen LogP contribution in [0.25, 0.3) is 0 Å². The van der Waals surface area contributed by atoms with Crippen molar-refractivity contribution < 1.29 is 23.4 Å². The number of rotatable bonds is 24. The molecule has 0 saturated carbocycles. The first-order valence-corrected chi connectivity index (χ1v) is 19.2. The third-order valence-electron chi connectivity index (χ3n) is 8.11. The molecular weight excluding hydrogens is 528 g/mol. The molecule has 0 aliphatic rings. The maximum atomic E-state index is 12.7. The number of unbranched alkanes of at least 4 members (excludes halogenated alkanes) is 11. The van der Waals surface area contributed by atoms with Gasteiger partial charge in [0.15, 0.2) is 8.32 Å². The minimum Gasteiger partial charge on any atom is -0.497 e. The Hall–Kier alpha value is -1.63. The molecule has 0 amide bonds. The number of benzene rings is 1. The molecule has 5 nitrogen and oxygen atoms in total. The predicted molar refractivity (Wildman–Crippen MR) is 175 cm³/mol. The first-order chi connectivity index (χ1) is 19.6. The number of carbonyl (C=O) groups is 1. The molecule has 0 bridgehead atoms. The highest BCUT2D eigenvalue weighted by atomic mass is 28.4. The normalized spacial score (nSPS) is 13.0. The molecule has 0 spiro atoms. The minimum absolute atomic E-state index is 0.0924. The van der Waals surface area contributed by atoms with Crippen molar-refractivity contribution in [2.75, 3.05) is 20.3 Å². The Morgan fingerprint density at radius 3 is 1.95 bits per heavy atom. The van der Waals surface area contributed by atoms with Crippen LogP contribution < -0.4 is 4.74 Å². The van der Waals surface area contributed by atoms with Crippen LogP contribution in [0.1, 0.15) is 123 Å². The summed E-state index contributed by atoms with van der Waals surface area (Å²) in [6, 6.07) is 7.81. The van der Waals surface area contributed by atoms with Crippen molar-refractivity contribution in [1.29, 1.82) is 0 Å². The van der Waals surface area contributed by atoms with Crippen LogP contribution in [0.2, 0.25) is 18.1 Å². The molecule has 1 rings (SSSR count). The Bertz CT molecular complexity index is 813. The molecule has 0 radical (unpaired) electrons. The van der Waals surface area contributed by atoms with Gasteiger partial charge in [-0.25, -0.2) is 0 Å². The van der Waals surface area contributed by atoms with Crippen LogP contribution in [0.4, 0.5) is 0 Å². The Balaban J connectivity index is 2.30. The summed E-state index contributed by atoms with van der Waals surface area (Å²) in [6.07, 6.45) is 20.9. The van der Waals surface area contributed by atoms with E-state index in [2.05, 4.69) is 52.9 Å². The molecule has 0 heterocycles. The second-order valence-corrected chi connectivity index (χ2v) is 17.7. The minimum atomic E-state index is -1.96. The van der Waals surface area contributed by atoms with E-state index in [1.807, 2.05) is 24.3 Å². The van der Waals surface area contributed by atoms with Crippen LogP contribution >= 0.6 is 0 Å². The summed E-state index contributed by atoms with van der Waals surface area (Å²) in [5.41, 5.74) is 1.05. The number of allylic oxidation sites excluding steroid dienone is 2. The van der Waals surface area contributed by atoms with Crippen LogP contribution in [0.15, 0.2) is 36.4 Å². The quantitative estimate of drug-likeness (QED) is 0.0519. The van der Waals surface area contributed by atoms with Gasteiger partial charge in [0, 0.05) is 6.42 Å². The average molecular weight is 591 g/mol. The molecule has 1 atom stereocenters. The van der Waals surface area contributed by atoms with Gasteiger partial charge in [-0.1, -0.05) is 103 Å². The zero-order chi connectivity index (χ0) is 30.4. The van der Waals surface area contributed by atoms with Crippen molar-refractivity contribution in [2.45, 2.75) is 148 Å². The highest BCUT2D eigenvalue weighted by molar-refractivity contribution is 6.74. The van der Waals surface area contributed by atoms with Crippen LogP contribution in [0, 0.1) is 0 Å². The third-order valence-corrected chi connectivity index (χ3v) is 12.6. The lowest BCUT2D eigenvalue weighted by molar-refractivity contribution is -0.154.